The van der Waals surface area contributed by atoms with Crippen LogP contribution in [0.15, 0.2) is 56.9 Å². The Labute approximate surface area is 157 Å². The molecule has 0 amide bonds. The topological polar surface area (TPSA) is 65.0 Å². The average Bonchev–Trinajstić information content (AvgIpc) is 3.37. The third-order valence-electron chi connectivity index (χ3n) is 3.34. The minimum atomic E-state index is 0.595. The highest BCUT2D eigenvalue weighted by Gasteiger charge is 2.11. The molecule has 126 valence electrons. The third kappa shape index (κ3) is 3.95. The van der Waals surface area contributed by atoms with E-state index in [1.54, 1.807) is 29.3 Å². The molecule has 0 aliphatic carbocycles. The second-order valence-corrected chi connectivity index (χ2v) is 7.48. The number of thioether (sulfide) groups is 1. The van der Waals surface area contributed by atoms with Crippen molar-refractivity contribution < 1.29 is 8.94 Å². The SMILES string of the molecule is Clc1ccc(-c2cnc(CSCc3nc(-c4cccs4)no3)o2)cc1. The van der Waals surface area contributed by atoms with Gasteiger partial charge in [-0.05, 0) is 35.7 Å². The Morgan fingerprint density at radius 1 is 1.08 bits per heavy atom. The van der Waals surface area contributed by atoms with Crippen LogP contribution in [0.25, 0.3) is 22.0 Å². The zero-order valence-corrected chi connectivity index (χ0v) is 15.3. The minimum absolute atomic E-state index is 0.595. The maximum Gasteiger partial charge on any atom is 0.236 e. The summed E-state index contributed by atoms with van der Waals surface area (Å²) in [5.74, 6) is 3.85. The van der Waals surface area contributed by atoms with Crippen LogP contribution in [-0.2, 0) is 11.5 Å². The highest BCUT2D eigenvalue weighted by molar-refractivity contribution is 7.97. The summed E-state index contributed by atoms with van der Waals surface area (Å²) in [6.07, 6.45) is 1.72. The van der Waals surface area contributed by atoms with Gasteiger partial charge in [-0.3, -0.25) is 0 Å². The molecule has 4 rings (SSSR count). The van der Waals surface area contributed by atoms with Gasteiger partial charge in [0.05, 0.1) is 22.6 Å². The summed E-state index contributed by atoms with van der Waals surface area (Å²) in [7, 11) is 0. The predicted octanol–water partition coefficient (Wildman–Crippen LogP) is 5.54. The average molecular weight is 390 g/mol. The molecular weight excluding hydrogens is 378 g/mol. The first-order chi connectivity index (χ1) is 12.3. The molecule has 5 nitrogen and oxygen atoms in total. The Bertz CT molecular complexity index is 949. The number of nitrogens with zero attached hydrogens (tertiary/aromatic N) is 3. The van der Waals surface area contributed by atoms with Crippen molar-refractivity contribution in [2.24, 2.45) is 0 Å². The number of thiophene rings is 1. The monoisotopic (exact) mass is 389 g/mol. The summed E-state index contributed by atoms with van der Waals surface area (Å²) in [5, 5.41) is 6.68. The molecule has 0 saturated carbocycles. The largest absolute Gasteiger partial charge is 0.440 e. The van der Waals surface area contributed by atoms with Gasteiger partial charge < -0.3 is 8.94 Å². The van der Waals surface area contributed by atoms with Gasteiger partial charge in [0.25, 0.3) is 0 Å². The van der Waals surface area contributed by atoms with Gasteiger partial charge >= 0.3 is 0 Å². The molecule has 0 N–H and O–H groups in total. The molecule has 0 saturated heterocycles. The van der Waals surface area contributed by atoms with Crippen molar-refractivity contribution >= 4 is 34.7 Å². The number of rotatable bonds is 6. The van der Waals surface area contributed by atoms with Crippen molar-refractivity contribution in [3.05, 3.63) is 64.8 Å². The molecule has 1 aromatic carbocycles. The van der Waals surface area contributed by atoms with Gasteiger partial charge in [-0.25, -0.2) is 4.98 Å². The van der Waals surface area contributed by atoms with Gasteiger partial charge in [-0.15, -0.1) is 23.1 Å². The molecule has 0 fully saturated rings. The van der Waals surface area contributed by atoms with Gasteiger partial charge in [0.2, 0.25) is 17.6 Å². The Kier molecular flexibility index (Phi) is 4.87. The van der Waals surface area contributed by atoms with E-state index in [9.17, 15) is 0 Å². The maximum atomic E-state index is 5.90. The van der Waals surface area contributed by atoms with E-state index < -0.39 is 0 Å². The molecule has 0 spiro atoms. The molecule has 0 aliphatic rings. The van der Waals surface area contributed by atoms with E-state index in [4.69, 9.17) is 20.5 Å². The molecule has 25 heavy (non-hydrogen) atoms. The lowest BCUT2D eigenvalue weighted by atomic mass is 10.2. The molecule has 0 atom stereocenters. The van der Waals surface area contributed by atoms with Crippen molar-refractivity contribution in [3.63, 3.8) is 0 Å². The molecule has 3 heterocycles. The fraction of sp³-hybridized carbons (Fsp3) is 0.118. The van der Waals surface area contributed by atoms with E-state index in [1.165, 1.54) is 0 Å². The van der Waals surface area contributed by atoms with Gasteiger partial charge in [0, 0.05) is 10.6 Å². The Morgan fingerprint density at radius 2 is 1.92 bits per heavy atom. The fourth-order valence-electron chi connectivity index (χ4n) is 2.17. The summed E-state index contributed by atoms with van der Waals surface area (Å²) in [5.41, 5.74) is 0.950. The fourth-order valence-corrected chi connectivity index (χ4v) is 3.65. The van der Waals surface area contributed by atoms with Gasteiger partial charge in [0.15, 0.2) is 5.76 Å². The number of hydrogen-bond acceptors (Lipinski definition) is 7. The van der Waals surface area contributed by atoms with Gasteiger partial charge in [-0.1, -0.05) is 22.8 Å². The lowest BCUT2D eigenvalue weighted by Crippen LogP contribution is -1.84. The lowest BCUT2D eigenvalue weighted by molar-refractivity contribution is 0.391. The molecule has 3 aromatic heterocycles. The van der Waals surface area contributed by atoms with Crippen LogP contribution in [0.3, 0.4) is 0 Å². The zero-order chi connectivity index (χ0) is 17.1. The third-order valence-corrected chi connectivity index (χ3v) is 5.36. The van der Waals surface area contributed by atoms with Gasteiger partial charge in [0.1, 0.15) is 0 Å². The second kappa shape index (κ2) is 7.43. The minimum Gasteiger partial charge on any atom is -0.440 e. The summed E-state index contributed by atoms with van der Waals surface area (Å²) in [4.78, 5) is 9.70. The van der Waals surface area contributed by atoms with E-state index in [2.05, 4.69) is 15.1 Å². The Balaban J connectivity index is 1.34. The first-order valence-corrected chi connectivity index (χ1v) is 9.84. The highest BCUT2D eigenvalue weighted by atomic mass is 35.5. The first kappa shape index (κ1) is 16.4. The van der Waals surface area contributed by atoms with E-state index in [1.807, 2.05) is 41.8 Å². The molecular formula is C17H12ClN3O2S2. The van der Waals surface area contributed by atoms with E-state index in [0.717, 1.165) is 16.2 Å². The maximum absolute atomic E-state index is 5.90. The second-order valence-electron chi connectivity index (χ2n) is 5.11. The van der Waals surface area contributed by atoms with Crippen molar-refractivity contribution in [2.75, 3.05) is 0 Å². The lowest BCUT2D eigenvalue weighted by Gasteiger charge is -1.96. The standard InChI is InChI=1S/C17H12ClN3O2S2/c18-12-5-3-11(4-6-12)13-8-19-15(22-13)9-24-10-16-20-17(21-23-16)14-2-1-7-25-14/h1-8H,9-10H2. The Hall–Kier alpha value is -2.09. The number of benzene rings is 1. The number of hydrogen-bond donors (Lipinski definition) is 0. The van der Waals surface area contributed by atoms with E-state index >= 15 is 0 Å². The molecule has 0 bridgehead atoms. The summed E-state index contributed by atoms with van der Waals surface area (Å²) >= 11 is 9.09. The van der Waals surface area contributed by atoms with Crippen LogP contribution in [-0.4, -0.2) is 15.1 Å². The van der Waals surface area contributed by atoms with Crippen LogP contribution in [0.2, 0.25) is 5.02 Å². The first-order valence-electron chi connectivity index (χ1n) is 7.43. The van der Waals surface area contributed by atoms with Crippen LogP contribution >= 0.6 is 34.7 Å². The van der Waals surface area contributed by atoms with Crippen molar-refractivity contribution in [3.8, 4) is 22.0 Å². The highest BCUT2D eigenvalue weighted by Crippen LogP contribution is 2.26. The number of halogens is 1. The molecule has 0 unspecified atom stereocenters. The van der Waals surface area contributed by atoms with Gasteiger partial charge in [-0.2, -0.15) is 4.98 Å². The summed E-state index contributed by atoms with van der Waals surface area (Å²) < 4.78 is 11.0. The molecule has 8 heteroatoms. The van der Waals surface area contributed by atoms with Crippen LogP contribution in [0.5, 0.6) is 0 Å². The van der Waals surface area contributed by atoms with Crippen LogP contribution in [0.1, 0.15) is 11.8 Å². The van der Waals surface area contributed by atoms with Crippen LogP contribution < -0.4 is 0 Å². The van der Waals surface area contributed by atoms with Crippen molar-refractivity contribution in [1.29, 1.82) is 0 Å². The predicted molar refractivity (Wildman–Crippen MR) is 99.6 cm³/mol. The Morgan fingerprint density at radius 3 is 2.72 bits per heavy atom. The smallest absolute Gasteiger partial charge is 0.236 e. The van der Waals surface area contributed by atoms with Crippen LogP contribution in [0, 0.1) is 0 Å². The van der Waals surface area contributed by atoms with E-state index in [0.29, 0.717) is 34.1 Å². The zero-order valence-electron chi connectivity index (χ0n) is 12.9. The summed E-state index contributed by atoms with van der Waals surface area (Å²) in [6.45, 7) is 0. The van der Waals surface area contributed by atoms with Crippen LogP contribution in [0.4, 0.5) is 0 Å². The van der Waals surface area contributed by atoms with Crippen molar-refractivity contribution in [1.82, 2.24) is 15.1 Å². The van der Waals surface area contributed by atoms with Crippen molar-refractivity contribution in [2.45, 2.75) is 11.5 Å². The molecule has 0 aliphatic heterocycles. The number of oxazole rings is 1. The van der Waals surface area contributed by atoms with E-state index in [-0.39, 0.29) is 0 Å². The number of aromatic nitrogens is 3. The quantitative estimate of drug-likeness (QED) is 0.431. The summed E-state index contributed by atoms with van der Waals surface area (Å²) in [6, 6.07) is 11.4. The normalized spacial score (nSPS) is 11.1. The molecule has 4 aromatic rings. The molecule has 0 radical (unpaired) electrons.